The first kappa shape index (κ1) is 13.1. The lowest BCUT2D eigenvalue weighted by Gasteiger charge is -2.35. The molecule has 1 aromatic rings. The third kappa shape index (κ3) is 3.10. The summed E-state index contributed by atoms with van der Waals surface area (Å²) >= 11 is 0. The number of likely N-dealkylation sites (tertiary alicyclic amines) is 1. The summed E-state index contributed by atoms with van der Waals surface area (Å²) in [5, 5.41) is 3.16. The number of nitrogens with zero attached hydrogens (tertiary/aromatic N) is 4. The summed E-state index contributed by atoms with van der Waals surface area (Å²) in [7, 11) is 4.32. The molecule has 1 aliphatic heterocycles. The van der Waals surface area contributed by atoms with Crippen molar-refractivity contribution >= 4 is 11.8 Å². The molecule has 2 rings (SSSR count). The fourth-order valence-electron chi connectivity index (χ4n) is 2.36. The molecule has 5 heteroatoms. The van der Waals surface area contributed by atoms with E-state index in [0.717, 1.165) is 18.3 Å². The van der Waals surface area contributed by atoms with Crippen LogP contribution >= 0.6 is 0 Å². The zero-order valence-electron chi connectivity index (χ0n) is 11.6. The van der Waals surface area contributed by atoms with Crippen molar-refractivity contribution in [2.45, 2.75) is 25.8 Å². The summed E-state index contributed by atoms with van der Waals surface area (Å²) in [6, 6.07) is 2.57. The molecule has 0 unspecified atom stereocenters. The van der Waals surface area contributed by atoms with Gasteiger partial charge in [0, 0.05) is 25.8 Å². The van der Waals surface area contributed by atoms with Crippen LogP contribution in [0, 0.1) is 0 Å². The van der Waals surface area contributed by atoms with Gasteiger partial charge >= 0.3 is 0 Å². The molecule has 1 N–H and O–H groups in total. The van der Waals surface area contributed by atoms with Crippen LogP contribution < -0.4 is 10.2 Å². The maximum absolute atomic E-state index is 4.55. The molecule has 5 nitrogen and oxygen atoms in total. The van der Waals surface area contributed by atoms with Crippen molar-refractivity contribution in [3.05, 3.63) is 12.3 Å². The number of hydrogen-bond acceptors (Lipinski definition) is 5. The number of piperidine rings is 1. The first-order chi connectivity index (χ1) is 8.70. The molecule has 0 aromatic carbocycles. The van der Waals surface area contributed by atoms with Gasteiger partial charge in [-0.3, -0.25) is 0 Å². The summed E-state index contributed by atoms with van der Waals surface area (Å²) in [6.45, 7) is 5.23. The zero-order valence-corrected chi connectivity index (χ0v) is 11.6. The summed E-state index contributed by atoms with van der Waals surface area (Å²) < 4.78 is 0. The van der Waals surface area contributed by atoms with Crippen LogP contribution in [0.3, 0.4) is 0 Å². The Balaban J connectivity index is 2.03. The van der Waals surface area contributed by atoms with Gasteiger partial charge in [0.25, 0.3) is 0 Å². The molecule has 0 saturated carbocycles. The zero-order chi connectivity index (χ0) is 13.0. The van der Waals surface area contributed by atoms with Gasteiger partial charge in [-0.2, -0.15) is 4.98 Å². The number of hydrogen-bond donors (Lipinski definition) is 1. The van der Waals surface area contributed by atoms with E-state index in [9.17, 15) is 0 Å². The largest absolute Gasteiger partial charge is 0.356 e. The summed E-state index contributed by atoms with van der Waals surface area (Å²) in [4.78, 5) is 13.4. The van der Waals surface area contributed by atoms with E-state index in [1.807, 2.05) is 12.3 Å². The van der Waals surface area contributed by atoms with E-state index in [1.165, 1.54) is 25.9 Å². The number of anilines is 2. The summed E-state index contributed by atoms with van der Waals surface area (Å²) in [5.41, 5.74) is 0. The maximum Gasteiger partial charge on any atom is 0.224 e. The number of aromatic nitrogens is 2. The molecule has 1 aromatic heterocycles. The lowest BCUT2D eigenvalue weighted by Crippen LogP contribution is -2.42. The second-order valence-electron chi connectivity index (χ2n) is 4.91. The van der Waals surface area contributed by atoms with Crippen LogP contribution in [-0.4, -0.2) is 54.6 Å². The minimum absolute atomic E-state index is 0.588. The van der Waals surface area contributed by atoms with Crippen molar-refractivity contribution in [3.63, 3.8) is 0 Å². The van der Waals surface area contributed by atoms with Crippen LogP contribution in [0.4, 0.5) is 11.8 Å². The molecule has 1 fully saturated rings. The second kappa shape index (κ2) is 6.00. The topological polar surface area (TPSA) is 44.3 Å². The van der Waals surface area contributed by atoms with Crippen LogP contribution in [0.2, 0.25) is 0 Å². The molecule has 0 radical (unpaired) electrons. The molecule has 0 bridgehead atoms. The predicted molar refractivity (Wildman–Crippen MR) is 75.1 cm³/mol. The van der Waals surface area contributed by atoms with E-state index in [0.29, 0.717) is 6.04 Å². The minimum Gasteiger partial charge on any atom is -0.356 e. The van der Waals surface area contributed by atoms with Gasteiger partial charge in [-0.1, -0.05) is 0 Å². The van der Waals surface area contributed by atoms with Crippen LogP contribution in [0.25, 0.3) is 0 Å². The Morgan fingerprint density at radius 3 is 2.83 bits per heavy atom. The maximum atomic E-state index is 4.55. The van der Waals surface area contributed by atoms with Crippen LogP contribution in [0.15, 0.2) is 12.3 Å². The van der Waals surface area contributed by atoms with Gasteiger partial charge < -0.3 is 15.1 Å². The SMILES string of the molecule is CCNc1nccc(N(C)C2CCN(C)CC2)n1. The van der Waals surface area contributed by atoms with Crippen molar-refractivity contribution in [1.82, 2.24) is 14.9 Å². The fourth-order valence-corrected chi connectivity index (χ4v) is 2.36. The van der Waals surface area contributed by atoms with Crippen molar-refractivity contribution in [2.24, 2.45) is 0 Å². The van der Waals surface area contributed by atoms with Gasteiger partial charge in [0.2, 0.25) is 5.95 Å². The smallest absolute Gasteiger partial charge is 0.224 e. The Kier molecular flexibility index (Phi) is 4.36. The van der Waals surface area contributed by atoms with Crippen LogP contribution in [-0.2, 0) is 0 Å². The minimum atomic E-state index is 0.588. The Morgan fingerprint density at radius 1 is 1.44 bits per heavy atom. The molecule has 1 saturated heterocycles. The Bertz CT molecular complexity index is 373. The molecule has 0 atom stereocenters. The third-order valence-corrected chi connectivity index (χ3v) is 3.57. The van der Waals surface area contributed by atoms with Gasteiger partial charge in [0.1, 0.15) is 5.82 Å². The fraction of sp³-hybridized carbons (Fsp3) is 0.692. The van der Waals surface area contributed by atoms with Gasteiger partial charge in [0.15, 0.2) is 0 Å². The molecule has 0 amide bonds. The van der Waals surface area contributed by atoms with Crippen molar-refractivity contribution < 1.29 is 0 Å². The highest BCUT2D eigenvalue weighted by atomic mass is 15.2. The standard InChI is InChI=1S/C13H23N5/c1-4-14-13-15-8-5-12(16-13)18(3)11-6-9-17(2)10-7-11/h5,8,11H,4,6-7,9-10H2,1-3H3,(H,14,15,16). The lowest BCUT2D eigenvalue weighted by molar-refractivity contribution is 0.252. The molecule has 0 aliphatic carbocycles. The van der Waals surface area contributed by atoms with Crippen molar-refractivity contribution in [2.75, 3.05) is 43.9 Å². The van der Waals surface area contributed by atoms with E-state index in [1.54, 1.807) is 0 Å². The van der Waals surface area contributed by atoms with E-state index in [4.69, 9.17) is 0 Å². The quantitative estimate of drug-likeness (QED) is 0.874. The lowest BCUT2D eigenvalue weighted by atomic mass is 10.0. The van der Waals surface area contributed by atoms with E-state index in [2.05, 4.69) is 46.1 Å². The average Bonchev–Trinajstić information content (AvgIpc) is 2.39. The van der Waals surface area contributed by atoms with Crippen molar-refractivity contribution in [3.8, 4) is 0 Å². The first-order valence-electron chi connectivity index (χ1n) is 6.69. The summed E-state index contributed by atoms with van der Waals surface area (Å²) in [6.07, 6.45) is 4.23. The molecule has 1 aliphatic rings. The normalized spacial score (nSPS) is 17.7. The monoisotopic (exact) mass is 249 g/mol. The van der Waals surface area contributed by atoms with Gasteiger partial charge in [-0.15, -0.1) is 0 Å². The van der Waals surface area contributed by atoms with E-state index >= 15 is 0 Å². The predicted octanol–water partition coefficient (Wildman–Crippen LogP) is 1.44. The van der Waals surface area contributed by atoms with Gasteiger partial charge in [-0.05, 0) is 46.0 Å². The van der Waals surface area contributed by atoms with Crippen molar-refractivity contribution in [1.29, 1.82) is 0 Å². The van der Waals surface area contributed by atoms with E-state index < -0.39 is 0 Å². The molecule has 0 spiro atoms. The molecular formula is C13H23N5. The first-order valence-corrected chi connectivity index (χ1v) is 6.69. The highest BCUT2D eigenvalue weighted by Crippen LogP contribution is 2.20. The number of rotatable bonds is 4. The molecular weight excluding hydrogens is 226 g/mol. The molecule has 2 heterocycles. The second-order valence-corrected chi connectivity index (χ2v) is 4.91. The Labute approximate surface area is 109 Å². The van der Waals surface area contributed by atoms with Gasteiger partial charge in [0.05, 0.1) is 0 Å². The molecule has 18 heavy (non-hydrogen) atoms. The summed E-state index contributed by atoms with van der Waals surface area (Å²) in [5.74, 6) is 1.73. The van der Waals surface area contributed by atoms with E-state index in [-0.39, 0.29) is 0 Å². The Hall–Kier alpha value is -1.36. The third-order valence-electron chi connectivity index (χ3n) is 3.57. The highest BCUT2D eigenvalue weighted by molar-refractivity contribution is 5.42. The van der Waals surface area contributed by atoms with Crippen LogP contribution in [0.1, 0.15) is 19.8 Å². The highest BCUT2D eigenvalue weighted by Gasteiger charge is 2.21. The number of nitrogens with one attached hydrogen (secondary N) is 1. The van der Waals surface area contributed by atoms with Crippen LogP contribution in [0.5, 0.6) is 0 Å². The average molecular weight is 249 g/mol. The molecule has 100 valence electrons. The Morgan fingerprint density at radius 2 is 2.17 bits per heavy atom. The van der Waals surface area contributed by atoms with Gasteiger partial charge in [-0.25, -0.2) is 4.98 Å².